The van der Waals surface area contributed by atoms with Crippen molar-refractivity contribution in [2.75, 3.05) is 26.3 Å². The minimum absolute atomic E-state index is 0.235. The van der Waals surface area contributed by atoms with Gasteiger partial charge in [0.05, 0.1) is 31.3 Å². The van der Waals surface area contributed by atoms with E-state index >= 15 is 0 Å². The molecule has 3 heterocycles. The topological polar surface area (TPSA) is 397 Å². The van der Waals surface area contributed by atoms with Crippen LogP contribution in [0.3, 0.4) is 0 Å². The first-order valence-electron chi connectivity index (χ1n) is 16.1. The average molecular weight is 735 g/mol. The highest BCUT2D eigenvalue weighted by Crippen LogP contribution is 2.34. The van der Waals surface area contributed by atoms with Crippen molar-refractivity contribution in [3.63, 3.8) is 0 Å². The summed E-state index contributed by atoms with van der Waals surface area (Å²) in [5.74, 6) is -1.24. The van der Waals surface area contributed by atoms with E-state index in [-0.39, 0.29) is 13.0 Å². The summed E-state index contributed by atoms with van der Waals surface area (Å²) >= 11 is 0. The van der Waals surface area contributed by atoms with Crippen LogP contribution >= 0.6 is 0 Å². The Labute approximate surface area is 285 Å². The van der Waals surface area contributed by atoms with Crippen LogP contribution in [0, 0.1) is 0 Å². The van der Waals surface area contributed by atoms with Crippen molar-refractivity contribution in [3.05, 3.63) is 0 Å². The number of nitrogens with one attached hydrogen (secondary N) is 1. The summed E-state index contributed by atoms with van der Waals surface area (Å²) in [6, 6.07) is -5.29. The molecular weight excluding hydrogens is 683 g/mol. The number of rotatable bonds is 13. The lowest BCUT2D eigenvalue weighted by atomic mass is 9.83. The normalized spacial score (nSPS) is 48.3. The van der Waals surface area contributed by atoms with Gasteiger partial charge in [0.1, 0.15) is 79.4 Å². The Balaban J connectivity index is 1.58. The number of hydrogen-bond donors (Lipinski definition) is 15. The number of alkyl halides is 1. The van der Waals surface area contributed by atoms with Gasteiger partial charge in [-0.05, 0) is 6.42 Å². The fraction of sp³-hybridized carbons (Fsp3) is 0.963. The largest absolute Gasteiger partial charge is 0.394 e. The van der Waals surface area contributed by atoms with Crippen molar-refractivity contribution in [2.45, 2.75) is 135 Å². The van der Waals surface area contributed by atoms with E-state index < -0.39 is 154 Å². The molecule has 23 heteroatoms. The molecule has 4 aliphatic rings. The number of aliphatic hydroxyl groups excluding tert-OH is 9. The summed E-state index contributed by atoms with van der Waals surface area (Å²) < 4.78 is 48.5. The second kappa shape index (κ2) is 17.6. The third kappa shape index (κ3) is 8.53. The number of carbonyl (C=O) groups excluding carboxylic acids is 1. The molecule has 0 aromatic rings. The van der Waals surface area contributed by atoms with Gasteiger partial charge < -0.3 is 108 Å². The molecule has 0 aromatic heterocycles. The highest BCUT2D eigenvalue weighted by atomic mass is 19.1. The average Bonchev–Trinajstić information content (AvgIpc) is 3.40. The number of ether oxygens (including phenoxy) is 6. The van der Waals surface area contributed by atoms with E-state index in [4.69, 9.17) is 57.1 Å². The van der Waals surface area contributed by atoms with Gasteiger partial charge in [0.15, 0.2) is 25.0 Å². The summed E-state index contributed by atoms with van der Waals surface area (Å²) in [5, 5.41) is 95.9. The molecule has 21 atom stereocenters. The Hall–Kier alpha value is -1.40. The monoisotopic (exact) mass is 734 g/mol. The summed E-state index contributed by atoms with van der Waals surface area (Å²) in [4.78, 5) is 12.6. The lowest BCUT2D eigenvalue weighted by Crippen LogP contribution is -2.69. The third-order valence-corrected chi connectivity index (χ3v) is 9.44. The van der Waals surface area contributed by atoms with Crippen LogP contribution in [-0.2, 0) is 33.2 Å². The van der Waals surface area contributed by atoms with Gasteiger partial charge in [-0.2, -0.15) is 0 Å². The SMILES string of the molecule is NC[C@@H](F)[C@H](O)C(=O)N[C@@H]1C[C@H](N)[C@@H](O[C@H]2O[C@H](CO)[C@@H](O)[C@H](O)[C@H]2N)[C@H](O[C@@H]2O[C@H](CO)[C@@H](O[C@H]3O[C@@H](CN)[C@@H](O)[C@H](O)[C@H]3N)[C@H]2O)[C@H]1O. The van der Waals surface area contributed by atoms with Crippen molar-refractivity contribution in [2.24, 2.45) is 28.7 Å². The Kier molecular flexibility index (Phi) is 14.6. The Morgan fingerprint density at radius 1 is 0.720 bits per heavy atom. The minimum atomic E-state index is -2.20. The zero-order chi connectivity index (χ0) is 37.2. The smallest absolute Gasteiger partial charge is 0.252 e. The van der Waals surface area contributed by atoms with Crippen LogP contribution in [0.1, 0.15) is 6.42 Å². The molecule has 0 unspecified atom stereocenters. The number of carbonyl (C=O) groups is 1. The second-order valence-corrected chi connectivity index (χ2v) is 12.8. The van der Waals surface area contributed by atoms with E-state index in [0.717, 1.165) is 0 Å². The number of aliphatic hydroxyl groups is 9. The predicted molar refractivity (Wildman–Crippen MR) is 160 cm³/mol. The number of amides is 1. The van der Waals surface area contributed by atoms with Gasteiger partial charge in [-0.25, -0.2) is 4.39 Å². The van der Waals surface area contributed by atoms with Crippen LogP contribution in [0.2, 0.25) is 0 Å². The summed E-state index contributed by atoms with van der Waals surface area (Å²) in [5.41, 5.74) is 29.2. The standard InChI is InChI=1S/C27H51FN6O16/c28-6(2-29)14(37)24(44)34-8-1-7(31)21(48-26-13(33)19(42)17(40)10(4-35)46-26)23(15(8)38)50-27-20(43)22(11(5-36)47-27)49-25-12(32)18(41)16(39)9(3-30)45-25/h6-23,25-27,35-43H,1-5,29-33H2,(H,34,44)/t6-,7+,8-,9+,10-,11-,12-,13-,14+,15+,16-,17-,18-,19-,20-,21-,22-,23-,25-,26-,27+/m1/s1. The Morgan fingerprint density at radius 3 is 1.76 bits per heavy atom. The molecule has 1 amide bonds. The van der Waals surface area contributed by atoms with Gasteiger partial charge >= 0.3 is 0 Å². The van der Waals surface area contributed by atoms with E-state index in [9.17, 15) is 55.1 Å². The molecule has 0 bridgehead atoms. The van der Waals surface area contributed by atoms with Gasteiger partial charge in [-0.1, -0.05) is 0 Å². The van der Waals surface area contributed by atoms with Gasteiger partial charge in [-0.15, -0.1) is 0 Å². The van der Waals surface area contributed by atoms with Gasteiger partial charge in [0.25, 0.3) is 5.91 Å². The molecule has 1 saturated carbocycles. The summed E-state index contributed by atoms with van der Waals surface area (Å²) in [6.07, 6.45) is -27.6. The van der Waals surface area contributed by atoms with Gasteiger partial charge in [0.2, 0.25) is 0 Å². The summed E-state index contributed by atoms with van der Waals surface area (Å²) in [6.45, 7) is -2.44. The van der Waals surface area contributed by atoms with Crippen molar-refractivity contribution in [1.29, 1.82) is 0 Å². The molecule has 20 N–H and O–H groups in total. The van der Waals surface area contributed by atoms with Gasteiger partial charge in [0, 0.05) is 19.1 Å². The molecule has 0 radical (unpaired) electrons. The van der Waals surface area contributed by atoms with Crippen molar-refractivity contribution in [3.8, 4) is 0 Å². The van der Waals surface area contributed by atoms with E-state index in [1.54, 1.807) is 0 Å². The first-order valence-corrected chi connectivity index (χ1v) is 16.1. The number of hydrogen-bond acceptors (Lipinski definition) is 21. The molecule has 0 spiro atoms. The number of halogens is 1. The molecule has 50 heavy (non-hydrogen) atoms. The molecule has 4 rings (SSSR count). The van der Waals surface area contributed by atoms with Crippen molar-refractivity contribution >= 4 is 5.91 Å². The first kappa shape index (κ1) is 41.4. The fourth-order valence-electron chi connectivity index (χ4n) is 6.37. The molecule has 292 valence electrons. The lowest BCUT2D eigenvalue weighted by Gasteiger charge is -2.48. The first-order chi connectivity index (χ1) is 23.6. The van der Waals surface area contributed by atoms with E-state index in [0.29, 0.717) is 0 Å². The molecule has 0 aromatic carbocycles. The van der Waals surface area contributed by atoms with E-state index in [1.165, 1.54) is 0 Å². The van der Waals surface area contributed by atoms with E-state index in [1.807, 2.05) is 0 Å². The molecule has 4 fully saturated rings. The van der Waals surface area contributed by atoms with Crippen LogP contribution < -0.4 is 34.0 Å². The zero-order valence-electron chi connectivity index (χ0n) is 26.8. The number of nitrogens with two attached hydrogens (primary N) is 5. The predicted octanol–water partition coefficient (Wildman–Crippen LogP) is -10.0. The maximum absolute atomic E-state index is 14.0. The molecule has 3 saturated heterocycles. The van der Waals surface area contributed by atoms with Gasteiger partial charge in [-0.3, -0.25) is 4.79 Å². The maximum Gasteiger partial charge on any atom is 0.252 e. The quantitative estimate of drug-likeness (QED) is 0.0835. The Bertz CT molecular complexity index is 1090. The zero-order valence-corrected chi connectivity index (χ0v) is 26.8. The minimum Gasteiger partial charge on any atom is -0.394 e. The lowest BCUT2D eigenvalue weighted by molar-refractivity contribution is -0.311. The summed E-state index contributed by atoms with van der Waals surface area (Å²) in [7, 11) is 0. The Morgan fingerprint density at radius 2 is 1.22 bits per heavy atom. The van der Waals surface area contributed by atoms with Crippen LogP contribution in [-0.4, -0.2) is 207 Å². The van der Waals surface area contributed by atoms with Crippen molar-refractivity contribution in [1.82, 2.24) is 5.32 Å². The van der Waals surface area contributed by atoms with Crippen LogP contribution in [0.15, 0.2) is 0 Å². The fourth-order valence-corrected chi connectivity index (χ4v) is 6.37. The molecule has 3 aliphatic heterocycles. The van der Waals surface area contributed by atoms with Crippen LogP contribution in [0.5, 0.6) is 0 Å². The molecule has 1 aliphatic carbocycles. The molecular formula is C27H51FN6O16. The van der Waals surface area contributed by atoms with Crippen LogP contribution in [0.25, 0.3) is 0 Å². The van der Waals surface area contributed by atoms with Crippen LogP contribution in [0.4, 0.5) is 4.39 Å². The third-order valence-electron chi connectivity index (χ3n) is 9.44. The molecule has 22 nitrogen and oxygen atoms in total. The van der Waals surface area contributed by atoms with Crippen molar-refractivity contribution < 1.29 is 83.6 Å². The second-order valence-electron chi connectivity index (χ2n) is 12.8. The highest BCUT2D eigenvalue weighted by molar-refractivity contribution is 5.81. The highest BCUT2D eigenvalue weighted by Gasteiger charge is 2.55. The maximum atomic E-state index is 14.0. The van der Waals surface area contributed by atoms with E-state index in [2.05, 4.69) is 5.32 Å².